The first-order chi connectivity index (χ1) is 10.8. The molecular formula is C18H23N3O. The van der Waals surface area contributed by atoms with Gasteiger partial charge in [-0.25, -0.2) is 0 Å². The molecule has 0 aliphatic rings. The third-order valence-corrected chi connectivity index (χ3v) is 3.19. The van der Waals surface area contributed by atoms with Gasteiger partial charge in [-0.3, -0.25) is 4.99 Å². The minimum absolute atomic E-state index is 0.472. The molecule has 2 rings (SSSR count). The van der Waals surface area contributed by atoms with Crippen LogP contribution >= 0.6 is 0 Å². The standard InChI is InChI=1S/C18H23N3O/c19-18(20-12-11-16-7-3-1-4-8-16)21-13-14-22-15-17-9-5-2-6-10-17/h1-10H,11-15H2,(H3,19,20,21). The van der Waals surface area contributed by atoms with E-state index in [1.54, 1.807) is 0 Å². The summed E-state index contributed by atoms with van der Waals surface area (Å²) in [6.45, 7) is 2.52. The number of hydrogen-bond acceptors (Lipinski definition) is 2. The Morgan fingerprint density at radius 2 is 1.59 bits per heavy atom. The highest BCUT2D eigenvalue weighted by Gasteiger charge is 1.94. The van der Waals surface area contributed by atoms with E-state index in [2.05, 4.69) is 22.4 Å². The first-order valence-corrected chi connectivity index (χ1v) is 7.54. The summed E-state index contributed by atoms with van der Waals surface area (Å²) in [5.74, 6) is 0.472. The fraction of sp³-hybridized carbons (Fsp3) is 0.278. The van der Waals surface area contributed by atoms with Crippen LogP contribution in [0.1, 0.15) is 11.1 Å². The van der Waals surface area contributed by atoms with E-state index in [-0.39, 0.29) is 0 Å². The van der Waals surface area contributed by atoms with Crippen LogP contribution in [0, 0.1) is 0 Å². The van der Waals surface area contributed by atoms with Gasteiger partial charge in [-0.05, 0) is 17.5 Å². The lowest BCUT2D eigenvalue weighted by atomic mass is 10.1. The zero-order valence-corrected chi connectivity index (χ0v) is 12.7. The highest BCUT2D eigenvalue weighted by molar-refractivity contribution is 5.77. The van der Waals surface area contributed by atoms with E-state index in [0.29, 0.717) is 25.7 Å². The molecule has 0 heterocycles. The summed E-state index contributed by atoms with van der Waals surface area (Å²) in [4.78, 5) is 4.24. The van der Waals surface area contributed by atoms with Crippen molar-refractivity contribution in [1.29, 1.82) is 0 Å². The van der Waals surface area contributed by atoms with Crippen molar-refractivity contribution < 1.29 is 4.74 Å². The van der Waals surface area contributed by atoms with Crippen LogP contribution in [-0.4, -0.2) is 25.7 Å². The van der Waals surface area contributed by atoms with Crippen LogP contribution in [0.4, 0.5) is 0 Å². The summed E-state index contributed by atoms with van der Waals surface area (Å²) in [7, 11) is 0. The van der Waals surface area contributed by atoms with Crippen LogP contribution in [0.25, 0.3) is 0 Å². The molecule has 0 saturated heterocycles. The van der Waals surface area contributed by atoms with Gasteiger partial charge in [0.1, 0.15) is 0 Å². The smallest absolute Gasteiger partial charge is 0.188 e. The van der Waals surface area contributed by atoms with Crippen LogP contribution < -0.4 is 11.1 Å². The topological polar surface area (TPSA) is 59.6 Å². The van der Waals surface area contributed by atoms with Gasteiger partial charge in [-0.2, -0.15) is 0 Å². The number of benzene rings is 2. The van der Waals surface area contributed by atoms with E-state index < -0.39 is 0 Å². The predicted molar refractivity (Wildman–Crippen MR) is 90.7 cm³/mol. The number of aliphatic imine (C=N–C) groups is 1. The van der Waals surface area contributed by atoms with Crippen molar-refractivity contribution in [2.24, 2.45) is 10.7 Å². The number of nitrogens with two attached hydrogens (primary N) is 1. The summed E-state index contributed by atoms with van der Waals surface area (Å²) in [6, 6.07) is 20.4. The van der Waals surface area contributed by atoms with Gasteiger partial charge in [0, 0.05) is 6.54 Å². The van der Waals surface area contributed by atoms with E-state index in [4.69, 9.17) is 10.5 Å². The Bertz CT molecular complexity index is 555. The maximum Gasteiger partial charge on any atom is 0.188 e. The quantitative estimate of drug-likeness (QED) is 0.447. The van der Waals surface area contributed by atoms with Crippen molar-refractivity contribution in [3.8, 4) is 0 Å². The third-order valence-electron chi connectivity index (χ3n) is 3.19. The fourth-order valence-corrected chi connectivity index (χ4v) is 2.03. The SMILES string of the molecule is NC(=NCCOCc1ccccc1)NCCc1ccccc1. The molecule has 0 atom stereocenters. The largest absolute Gasteiger partial charge is 0.375 e. The second-order valence-electron chi connectivity index (χ2n) is 4.97. The Hall–Kier alpha value is -2.33. The molecule has 0 unspecified atom stereocenters. The van der Waals surface area contributed by atoms with Gasteiger partial charge in [0.15, 0.2) is 5.96 Å². The predicted octanol–water partition coefficient (Wildman–Crippen LogP) is 2.35. The summed E-state index contributed by atoms with van der Waals surface area (Å²) >= 11 is 0. The molecule has 0 fully saturated rings. The maximum atomic E-state index is 5.81. The molecule has 0 aromatic heterocycles. The molecule has 3 N–H and O–H groups in total. The van der Waals surface area contributed by atoms with Crippen molar-refractivity contribution in [1.82, 2.24) is 5.32 Å². The number of ether oxygens (including phenoxy) is 1. The Morgan fingerprint density at radius 3 is 2.27 bits per heavy atom. The van der Waals surface area contributed by atoms with Crippen LogP contribution in [0.3, 0.4) is 0 Å². The lowest BCUT2D eigenvalue weighted by Gasteiger charge is -2.06. The Balaban J connectivity index is 1.55. The van der Waals surface area contributed by atoms with E-state index >= 15 is 0 Å². The van der Waals surface area contributed by atoms with E-state index in [0.717, 1.165) is 13.0 Å². The summed E-state index contributed by atoms with van der Waals surface area (Å²) in [5.41, 5.74) is 8.27. The molecule has 0 saturated carbocycles. The zero-order chi connectivity index (χ0) is 15.5. The average molecular weight is 297 g/mol. The van der Waals surface area contributed by atoms with Crippen LogP contribution in [0.2, 0.25) is 0 Å². The Labute approximate surface area is 132 Å². The molecule has 0 bridgehead atoms. The second-order valence-corrected chi connectivity index (χ2v) is 4.97. The van der Waals surface area contributed by atoms with Crippen LogP contribution in [0.15, 0.2) is 65.7 Å². The minimum Gasteiger partial charge on any atom is -0.375 e. The Morgan fingerprint density at radius 1 is 0.955 bits per heavy atom. The number of hydrogen-bond donors (Lipinski definition) is 2. The molecule has 0 spiro atoms. The number of nitrogens with one attached hydrogen (secondary N) is 1. The number of nitrogens with zero attached hydrogens (tertiary/aromatic N) is 1. The molecule has 2 aromatic carbocycles. The lowest BCUT2D eigenvalue weighted by molar-refractivity contribution is 0.128. The number of guanidine groups is 1. The highest BCUT2D eigenvalue weighted by atomic mass is 16.5. The molecule has 4 heteroatoms. The van der Waals surface area contributed by atoms with Crippen molar-refractivity contribution in [3.63, 3.8) is 0 Å². The van der Waals surface area contributed by atoms with Gasteiger partial charge in [0.05, 0.1) is 19.8 Å². The minimum atomic E-state index is 0.472. The summed E-state index contributed by atoms with van der Waals surface area (Å²) in [5, 5.41) is 3.11. The zero-order valence-electron chi connectivity index (χ0n) is 12.7. The first-order valence-electron chi connectivity index (χ1n) is 7.54. The molecule has 0 aliphatic carbocycles. The van der Waals surface area contributed by atoms with Crippen molar-refractivity contribution in [2.45, 2.75) is 13.0 Å². The number of rotatable bonds is 8. The lowest BCUT2D eigenvalue weighted by Crippen LogP contribution is -2.33. The van der Waals surface area contributed by atoms with Crippen LogP contribution in [0.5, 0.6) is 0 Å². The van der Waals surface area contributed by atoms with E-state index in [9.17, 15) is 0 Å². The molecule has 116 valence electrons. The second kappa shape index (κ2) is 9.58. The normalized spacial score (nSPS) is 11.4. The first kappa shape index (κ1) is 16.0. The van der Waals surface area contributed by atoms with E-state index in [1.807, 2.05) is 48.5 Å². The van der Waals surface area contributed by atoms with Gasteiger partial charge in [-0.1, -0.05) is 60.7 Å². The third kappa shape index (κ3) is 6.41. The van der Waals surface area contributed by atoms with Gasteiger partial charge >= 0.3 is 0 Å². The fourth-order valence-electron chi connectivity index (χ4n) is 2.03. The van der Waals surface area contributed by atoms with Crippen molar-refractivity contribution in [2.75, 3.05) is 19.7 Å². The molecule has 0 radical (unpaired) electrons. The molecular weight excluding hydrogens is 274 g/mol. The Kier molecular flexibility index (Phi) is 6.99. The summed E-state index contributed by atoms with van der Waals surface area (Å²) < 4.78 is 5.55. The van der Waals surface area contributed by atoms with Gasteiger partial charge in [0.25, 0.3) is 0 Å². The van der Waals surface area contributed by atoms with Gasteiger partial charge in [0.2, 0.25) is 0 Å². The van der Waals surface area contributed by atoms with Crippen LogP contribution in [-0.2, 0) is 17.8 Å². The van der Waals surface area contributed by atoms with Crippen molar-refractivity contribution >= 4 is 5.96 Å². The van der Waals surface area contributed by atoms with Crippen molar-refractivity contribution in [3.05, 3.63) is 71.8 Å². The maximum absolute atomic E-state index is 5.81. The average Bonchev–Trinajstić information content (AvgIpc) is 2.56. The van der Waals surface area contributed by atoms with E-state index in [1.165, 1.54) is 11.1 Å². The summed E-state index contributed by atoms with van der Waals surface area (Å²) in [6.07, 6.45) is 0.932. The van der Waals surface area contributed by atoms with Gasteiger partial charge < -0.3 is 15.8 Å². The molecule has 0 amide bonds. The van der Waals surface area contributed by atoms with Gasteiger partial charge in [-0.15, -0.1) is 0 Å². The highest BCUT2D eigenvalue weighted by Crippen LogP contribution is 2.00. The molecule has 22 heavy (non-hydrogen) atoms. The molecule has 0 aliphatic heterocycles. The monoisotopic (exact) mass is 297 g/mol. The molecule has 2 aromatic rings. The molecule has 4 nitrogen and oxygen atoms in total.